The lowest BCUT2D eigenvalue weighted by Crippen LogP contribution is -2.56. The van der Waals surface area contributed by atoms with Crippen LogP contribution in [0.25, 0.3) is 0 Å². The van der Waals surface area contributed by atoms with Gasteiger partial charge in [0.05, 0.1) is 12.1 Å². The summed E-state index contributed by atoms with van der Waals surface area (Å²) in [5.74, 6) is 0.153. The number of nitrogens with one attached hydrogen (secondary N) is 2. The molecule has 0 spiro atoms. The van der Waals surface area contributed by atoms with Crippen LogP contribution in [0.5, 0.6) is 0 Å². The molecule has 1 saturated heterocycles. The number of fused-ring (bicyclic) bond motifs is 1. The van der Waals surface area contributed by atoms with Crippen LogP contribution >= 0.6 is 11.3 Å². The van der Waals surface area contributed by atoms with Gasteiger partial charge in [-0.3, -0.25) is 4.79 Å². The Balaban J connectivity index is 1.57. The Morgan fingerprint density at radius 3 is 3.05 bits per heavy atom. The summed E-state index contributed by atoms with van der Waals surface area (Å²) in [6.45, 7) is 3.67. The molecule has 3 nitrogen and oxygen atoms in total. The molecule has 104 valence electrons. The van der Waals surface area contributed by atoms with Gasteiger partial charge < -0.3 is 10.6 Å². The monoisotopic (exact) mass is 278 g/mol. The first-order valence-corrected chi connectivity index (χ1v) is 8.13. The Labute approximate surface area is 118 Å². The van der Waals surface area contributed by atoms with Crippen molar-refractivity contribution in [3.63, 3.8) is 0 Å². The minimum atomic E-state index is -0.363. The summed E-state index contributed by atoms with van der Waals surface area (Å²) in [6, 6.07) is 2.28. The second-order valence-electron chi connectivity index (χ2n) is 5.91. The van der Waals surface area contributed by atoms with Gasteiger partial charge in [0.2, 0.25) is 5.91 Å². The van der Waals surface area contributed by atoms with Gasteiger partial charge in [-0.2, -0.15) is 0 Å². The van der Waals surface area contributed by atoms with Gasteiger partial charge in [0.25, 0.3) is 0 Å². The van der Waals surface area contributed by atoms with Crippen molar-refractivity contribution in [1.82, 2.24) is 10.6 Å². The molecule has 0 aromatic carbocycles. The number of hydrogen-bond donors (Lipinski definition) is 2. The molecule has 1 unspecified atom stereocenters. The van der Waals surface area contributed by atoms with Crippen LogP contribution in [0.4, 0.5) is 0 Å². The first-order valence-electron chi connectivity index (χ1n) is 7.31. The van der Waals surface area contributed by atoms with E-state index >= 15 is 0 Å². The van der Waals surface area contributed by atoms with E-state index in [2.05, 4.69) is 16.7 Å². The minimum Gasteiger partial charge on any atom is -0.350 e. The van der Waals surface area contributed by atoms with E-state index in [-0.39, 0.29) is 11.4 Å². The average Bonchev–Trinajstić information content (AvgIpc) is 2.97. The van der Waals surface area contributed by atoms with E-state index < -0.39 is 0 Å². The number of rotatable bonds is 3. The van der Waals surface area contributed by atoms with Gasteiger partial charge >= 0.3 is 0 Å². The fourth-order valence-electron chi connectivity index (χ4n) is 3.09. The van der Waals surface area contributed by atoms with Crippen LogP contribution in [0.1, 0.15) is 47.9 Å². The topological polar surface area (TPSA) is 41.1 Å². The molecule has 4 heteroatoms. The zero-order valence-electron chi connectivity index (χ0n) is 11.6. The summed E-state index contributed by atoms with van der Waals surface area (Å²) in [5.41, 5.74) is 1.15. The normalized spacial score (nSPS) is 26.2. The third-order valence-electron chi connectivity index (χ3n) is 4.34. The first-order chi connectivity index (χ1) is 9.17. The third kappa shape index (κ3) is 2.70. The lowest BCUT2D eigenvalue weighted by molar-refractivity contribution is -0.128. The molecule has 2 heterocycles. The summed E-state index contributed by atoms with van der Waals surface area (Å²) in [7, 11) is 0. The van der Waals surface area contributed by atoms with Crippen LogP contribution in [0.15, 0.2) is 6.07 Å². The van der Waals surface area contributed by atoms with Crippen LogP contribution in [0.3, 0.4) is 0 Å². The highest BCUT2D eigenvalue weighted by molar-refractivity contribution is 7.12. The molecule has 1 aromatic rings. The molecule has 3 rings (SSSR count). The Morgan fingerprint density at radius 1 is 1.42 bits per heavy atom. The van der Waals surface area contributed by atoms with Gasteiger partial charge in [-0.25, -0.2) is 0 Å². The van der Waals surface area contributed by atoms with Crippen LogP contribution in [-0.4, -0.2) is 18.0 Å². The fourth-order valence-corrected chi connectivity index (χ4v) is 4.29. The Hall–Kier alpha value is -0.870. The molecule has 0 radical (unpaired) electrons. The van der Waals surface area contributed by atoms with Crippen molar-refractivity contribution in [2.45, 2.75) is 57.5 Å². The largest absolute Gasteiger partial charge is 0.350 e. The van der Waals surface area contributed by atoms with E-state index in [0.717, 1.165) is 19.4 Å². The molecule has 2 aliphatic rings. The van der Waals surface area contributed by atoms with Crippen LogP contribution in [-0.2, 0) is 24.2 Å². The Morgan fingerprint density at radius 2 is 2.32 bits per heavy atom. The number of carbonyl (C=O) groups excluding carboxylic acids is 1. The van der Waals surface area contributed by atoms with E-state index in [4.69, 9.17) is 0 Å². The third-order valence-corrected chi connectivity index (χ3v) is 5.58. The maximum Gasteiger partial charge on any atom is 0.240 e. The van der Waals surface area contributed by atoms with Crippen molar-refractivity contribution in [2.75, 3.05) is 6.54 Å². The van der Waals surface area contributed by atoms with Crippen molar-refractivity contribution in [2.24, 2.45) is 0 Å². The van der Waals surface area contributed by atoms with E-state index in [1.807, 2.05) is 18.3 Å². The SMILES string of the molecule is CC1(C(=O)NCc2cc3c(s2)CCC3)CCCCN1. The molecular formula is C15H22N2OS. The van der Waals surface area contributed by atoms with Gasteiger partial charge in [0, 0.05) is 9.75 Å². The van der Waals surface area contributed by atoms with Crippen molar-refractivity contribution in [1.29, 1.82) is 0 Å². The molecule has 0 saturated carbocycles. The van der Waals surface area contributed by atoms with Gasteiger partial charge in [-0.15, -0.1) is 11.3 Å². The van der Waals surface area contributed by atoms with E-state index in [0.29, 0.717) is 6.54 Å². The van der Waals surface area contributed by atoms with Crippen LogP contribution in [0.2, 0.25) is 0 Å². The summed E-state index contributed by atoms with van der Waals surface area (Å²) in [5, 5.41) is 6.47. The highest BCUT2D eigenvalue weighted by atomic mass is 32.1. The zero-order chi connectivity index (χ0) is 13.3. The summed E-state index contributed by atoms with van der Waals surface area (Å²) in [4.78, 5) is 15.1. The predicted molar refractivity (Wildman–Crippen MR) is 78.4 cm³/mol. The number of piperidine rings is 1. The van der Waals surface area contributed by atoms with Gasteiger partial charge in [0.1, 0.15) is 0 Å². The number of thiophene rings is 1. The van der Waals surface area contributed by atoms with Crippen molar-refractivity contribution in [3.8, 4) is 0 Å². The molecule has 0 bridgehead atoms. The molecule has 1 fully saturated rings. The fraction of sp³-hybridized carbons (Fsp3) is 0.667. The summed E-state index contributed by atoms with van der Waals surface area (Å²) < 4.78 is 0. The molecule has 1 aromatic heterocycles. The minimum absolute atomic E-state index is 0.153. The van der Waals surface area contributed by atoms with E-state index in [9.17, 15) is 4.79 Å². The molecule has 1 aliphatic heterocycles. The Kier molecular flexibility index (Phi) is 3.63. The molecule has 19 heavy (non-hydrogen) atoms. The predicted octanol–water partition coefficient (Wildman–Crippen LogP) is 2.39. The van der Waals surface area contributed by atoms with Crippen molar-refractivity contribution in [3.05, 3.63) is 21.4 Å². The van der Waals surface area contributed by atoms with Crippen molar-refractivity contribution < 1.29 is 4.79 Å². The maximum atomic E-state index is 12.3. The van der Waals surface area contributed by atoms with E-state index in [1.165, 1.54) is 41.0 Å². The highest BCUT2D eigenvalue weighted by Crippen LogP contribution is 2.30. The smallest absolute Gasteiger partial charge is 0.240 e. The van der Waals surface area contributed by atoms with Crippen molar-refractivity contribution >= 4 is 17.2 Å². The zero-order valence-corrected chi connectivity index (χ0v) is 12.4. The second-order valence-corrected chi connectivity index (χ2v) is 7.13. The summed E-state index contributed by atoms with van der Waals surface area (Å²) in [6.07, 6.45) is 7.02. The lowest BCUT2D eigenvalue weighted by Gasteiger charge is -2.33. The first kappa shape index (κ1) is 13.1. The average molecular weight is 278 g/mol. The molecule has 2 N–H and O–H groups in total. The second kappa shape index (κ2) is 5.25. The standard InChI is InChI=1S/C15H22N2OS/c1-15(7-2-3-8-17-15)14(18)16-10-12-9-11-5-4-6-13(11)19-12/h9,17H,2-8,10H2,1H3,(H,16,18). The van der Waals surface area contributed by atoms with E-state index in [1.54, 1.807) is 0 Å². The van der Waals surface area contributed by atoms with Gasteiger partial charge in [-0.05, 0) is 63.6 Å². The Bertz CT molecular complexity index is 453. The van der Waals surface area contributed by atoms with Gasteiger partial charge in [0.15, 0.2) is 0 Å². The number of carbonyl (C=O) groups is 1. The molecule has 1 amide bonds. The lowest BCUT2D eigenvalue weighted by atomic mass is 9.90. The molecular weight excluding hydrogens is 256 g/mol. The molecule has 1 aliphatic carbocycles. The van der Waals surface area contributed by atoms with Gasteiger partial charge in [-0.1, -0.05) is 0 Å². The molecule has 1 atom stereocenters. The number of aryl methyl sites for hydroxylation is 2. The maximum absolute atomic E-state index is 12.3. The number of hydrogen-bond acceptors (Lipinski definition) is 3. The highest BCUT2D eigenvalue weighted by Gasteiger charge is 2.33. The quantitative estimate of drug-likeness (QED) is 0.891. The number of amides is 1. The van der Waals surface area contributed by atoms with Crippen LogP contribution in [0, 0.1) is 0 Å². The summed E-state index contributed by atoms with van der Waals surface area (Å²) >= 11 is 1.87. The van der Waals surface area contributed by atoms with Crippen LogP contribution < -0.4 is 10.6 Å².